The van der Waals surface area contributed by atoms with Crippen LogP contribution in [0.3, 0.4) is 0 Å². The zero-order valence-corrected chi connectivity index (χ0v) is 6.89. The van der Waals surface area contributed by atoms with E-state index in [2.05, 4.69) is 6.92 Å². The summed E-state index contributed by atoms with van der Waals surface area (Å²) in [6.45, 7) is 3.89. The van der Waals surface area contributed by atoms with Crippen LogP contribution in [0.2, 0.25) is 0 Å². The third-order valence-corrected chi connectivity index (χ3v) is 2.27. The Morgan fingerprint density at radius 1 is 1.36 bits per heavy atom. The molecule has 0 aliphatic carbocycles. The van der Waals surface area contributed by atoms with Crippen LogP contribution in [0.15, 0.2) is 0 Å². The van der Waals surface area contributed by atoms with E-state index in [-0.39, 0.29) is 6.44 Å². The predicted molar refractivity (Wildman–Crippen MR) is 42.8 cm³/mol. The van der Waals surface area contributed by atoms with Crippen molar-refractivity contribution >= 4 is 7.27 Å². The van der Waals surface area contributed by atoms with E-state index in [1.54, 1.807) is 0 Å². The summed E-state index contributed by atoms with van der Waals surface area (Å²) >= 11 is 0. The Bertz CT molecular complexity index is 113. The highest BCUT2D eigenvalue weighted by molar-refractivity contribution is 6.42. The molecule has 1 heterocycles. The van der Waals surface area contributed by atoms with E-state index in [0.29, 0.717) is 0 Å². The summed E-state index contributed by atoms with van der Waals surface area (Å²) in [6, 6.07) is 0. The van der Waals surface area contributed by atoms with Crippen LogP contribution in [0.4, 0.5) is 8.63 Å². The molecule has 0 amide bonds. The van der Waals surface area contributed by atoms with Crippen LogP contribution in [0.5, 0.6) is 0 Å². The van der Waals surface area contributed by atoms with Crippen molar-refractivity contribution in [2.75, 3.05) is 19.5 Å². The Labute approximate surface area is 66.9 Å². The molecule has 0 aromatic heterocycles. The van der Waals surface area contributed by atoms with E-state index >= 15 is 0 Å². The van der Waals surface area contributed by atoms with Gasteiger partial charge < -0.3 is 4.90 Å². The fourth-order valence-electron chi connectivity index (χ4n) is 1.44. The largest absolute Gasteiger partial charge is 0.551 e. The summed E-state index contributed by atoms with van der Waals surface area (Å²) in [7, 11) is -2.16. The fourth-order valence-corrected chi connectivity index (χ4v) is 1.44. The summed E-state index contributed by atoms with van der Waals surface area (Å²) in [5.74, 6) is 0.726. The zero-order valence-electron chi connectivity index (χ0n) is 6.89. The number of likely N-dealkylation sites (tertiary alicyclic amines) is 1. The maximum absolute atomic E-state index is 11.9. The lowest BCUT2D eigenvalue weighted by molar-refractivity contribution is 0.211. The van der Waals surface area contributed by atoms with Gasteiger partial charge in [-0.05, 0) is 31.8 Å². The molecule has 1 aliphatic rings. The second-order valence-corrected chi connectivity index (χ2v) is 3.37. The SMILES string of the molecule is CC1CCN(CB(F)F)CC1. The standard InChI is InChI=1S/C7H14BF2N/c1-7-2-4-11(5-3-7)6-8(9)10/h7H,2-6H2,1H3. The smallest absolute Gasteiger partial charge is 0.305 e. The first-order valence-corrected chi connectivity index (χ1v) is 4.19. The highest BCUT2D eigenvalue weighted by Gasteiger charge is 2.21. The molecule has 1 aliphatic heterocycles. The molecule has 1 fully saturated rings. The van der Waals surface area contributed by atoms with Gasteiger partial charge in [-0.1, -0.05) is 6.92 Å². The van der Waals surface area contributed by atoms with Crippen molar-refractivity contribution in [1.29, 1.82) is 0 Å². The summed E-state index contributed by atoms with van der Waals surface area (Å²) in [5.41, 5.74) is 0. The molecule has 4 heteroatoms. The van der Waals surface area contributed by atoms with Crippen molar-refractivity contribution in [2.45, 2.75) is 19.8 Å². The van der Waals surface area contributed by atoms with Crippen LogP contribution in [0.25, 0.3) is 0 Å². The van der Waals surface area contributed by atoms with E-state index < -0.39 is 7.27 Å². The van der Waals surface area contributed by atoms with Gasteiger partial charge in [-0.15, -0.1) is 0 Å². The third-order valence-electron chi connectivity index (χ3n) is 2.27. The van der Waals surface area contributed by atoms with Crippen molar-refractivity contribution < 1.29 is 8.63 Å². The predicted octanol–water partition coefficient (Wildman–Crippen LogP) is 1.68. The minimum atomic E-state index is -2.16. The molecular weight excluding hydrogens is 147 g/mol. The van der Waals surface area contributed by atoms with Gasteiger partial charge in [0.25, 0.3) is 0 Å². The number of rotatable bonds is 2. The van der Waals surface area contributed by atoms with Crippen LogP contribution < -0.4 is 0 Å². The van der Waals surface area contributed by atoms with Gasteiger partial charge in [0.1, 0.15) is 0 Å². The van der Waals surface area contributed by atoms with Crippen molar-refractivity contribution in [3.8, 4) is 0 Å². The van der Waals surface area contributed by atoms with Gasteiger partial charge in [0.15, 0.2) is 0 Å². The molecule has 0 radical (unpaired) electrons. The maximum atomic E-state index is 11.9. The molecule has 1 rings (SSSR count). The third kappa shape index (κ3) is 3.19. The molecule has 0 spiro atoms. The highest BCUT2D eigenvalue weighted by atomic mass is 19.2. The van der Waals surface area contributed by atoms with Crippen molar-refractivity contribution in [3.05, 3.63) is 0 Å². The van der Waals surface area contributed by atoms with Gasteiger partial charge >= 0.3 is 7.27 Å². The molecule has 1 saturated heterocycles. The van der Waals surface area contributed by atoms with E-state index in [9.17, 15) is 8.63 Å². The molecule has 11 heavy (non-hydrogen) atoms. The summed E-state index contributed by atoms with van der Waals surface area (Å²) < 4.78 is 23.7. The summed E-state index contributed by atoms with van der Waals surface area (Å²) in [4.78, 5) is 1.85. The Morgan fingerprint density at radius 2 is 1.91 bits per heavy atom. The molecule has 0 bridgehead atoms. The van der Waals surface area contributed by atoms with Gasteiger partial charge in [-0.25, -0.2) is 0 Å². The minimum Gasteiger partial charge on any atom is -0.305 e. The summed E-state index contributed by atoms with van der Waals surface area (Å²) in [6.07, 6.45) is 2.12. The van der Waals surface area contributed by atoms with Crippen molar-refractivity contribution in [1.82, 2.24) is 4.90 Å². The number of hydrogen-bond donors (Lipinski definition) is 0. The van der Waals surface area contributed by atoms with Gasteiger partial charge in [-0.3, -0.25) is 8.63 Å². The number of halogens is 2. The Kier molecular flexibility index (Phi) is 3.30. The van der Waals surface area contributed by atoms with Crippen LogP contribution in [0.1, 0.15) is 19.8 Å². The van der Waals surface area contributed by atoms with Gasteiger partial charge in [-0.2, -0.15) is 0 Å². The second kappa shape index (κ2) is 4.05. The van der Waals surface area contributed by atoms with Crippen molar-refractivity contribution in [2.24, 2.45) is 5.92 Å². The molecule has 0 atom stereocenters. The first kappa shape index (κ1) is 8.98. The molecular formula is C7H14BF2N. The van der Waals surface area contributed by atoms with E-state index in [1.807, 2.05) is 4.90 Å². The monoisotopic (exact) mass is 161 g/mol. The summed E-state index contributed by atoms with van der Waals surface area (Å²) in [5, 5.41) is 0. The molecule has 0 saturated carbocycles. The van der Waals surface area contributed by atoms with Crippen LogP contribution in [-0.4, -0.2) is 31.7 Å². The first-order valence-electron chi connectivity index (χ1n) is 4.19. The highest BCUT2D eigenvalue weighted by Crippen LogP contribution is 2.15. The molecule has 64 valence electrons. The molecule has 0 aromatic rings. The maximum Gasteiger partial charge on any atom is 0.551 e. The first-order chi connectivity index (χ1) is 5.18. The number of piperidine rings is 1. The Balaban J connectivity index is 2.17. The van der Waals surface area contributed by atoms with Crippen LogP contribution >= 0.6 is 0 Å². The molecule has 0 unspecified atom stereocenters. The quantitative estimate of drug-likeness (QED) is 0.557. The fraction of sp³-hybridized carbons (Fsp3) is 1.00. The van der Waals surface area contributed by atoms with Gasteiger partial charge in [0, 0.05) is 6.44 Å². The molecule has 0 aromatic carbocycles. The normalized spacial score (nSPS) is 22.1. The second-order valence-electron chi connectivity index (χ2n) is 3.37. The Hall–Kier alpha value is -0.115. The lowest BCUT2D eigenvalue weighted by Crippen LogP contribution is -2.37. The average Bonchev–Trinajstić information content (AvgIpc) is 1.93. The topological polar surface area (TPSA) is 3.24 Å². The average molecular weight is 161 g/mol. The van der Waals surface area contributed by atoms with Crippen LogP contribution in [-0.2, 0) is 0 Å². The van der Waals surface area contributed by atoms with Gasteiger partial charge in [0.2, 0.25) is 0 Å². The van der Waals surface area contributed by atoms with Crippen molar-refractivity contribution in [3.63, 3.8) is 0 Å². The number of hydrogen-bond acceptors (Lipinski definition) is 1. The van der Waals surface area contributed by atoms with E-state index in [1.165, 1.54) is 0 Å². The molecule has 0 N–H and O–H groups in total. The zero-order chi connectivity index (χ0) is 8.27. The Morgan fingerprint density at radius 3 is 2.36 bits per heavy atom. The van der Waals surface area contributed by atoms with E-state index in [4.69, 9.17) is 0 Å². The van der Waals surface area contributed by atoms with E-state index in [0.717, 1.165) is 31.8 Å². The lowest BCUT2D eigenvalue weighted by atomic mass is 9.93. The number of nitrogens with zero attached hydrogens (tertiary/aromatic N) is 1. The lowest BCUT2D eigenvalue weighted by Gasteiger charge is -2.29. The van der Waals surface area contributed by atoms with Crippen LogP contribution in [0, 0.1) is 5.92 Å². The molecule has 1 nitrogen and oxygen atoms in total. The minimum absolute atomic E-state index is 0.0350. The van der Waals surface area contributed by atoms with Gasteiger partial charge in [0.05, 0.1) is 0 Å².